The van der Waals surface area contributed by atoms with Crippen molar-refractivity contribution in [3.63, 3.8) is 0 Å². The molecule has 2 aliphatic heterocycles. The van der Waals surface area contributed by atoms with E-state index in [0.29, 0.717) is 43.0 Å². The van der Waals surface area contributed by atoms with Gasteiger partial charge in [-0.2, -0.15) is 0 Å². The standard InChI is InChI=1S/C32H36BrN3O6S/c33-26-14-10-24(11-15-26)29-32(31(38)35-36-19-5-2-6-20-36,18-23-43(39,40)28-8-3-1-4-9-28)34-30(42-29)25-12-16-27(17-13-25)41-22-7-21-37/h1,3-4,8-17,29,37H,2,5-7,18-23H2,(H,35,38)/t29-,32-/m0/s1. The summed E-state index contributed by atoms with van der Waals surface area (Å²) in [6, 6.07) is 22.9. The number of hydrazine groups is 1. The van der Waals surface area contributed by atoms with Crippen LogP contribution in [0.5, 0.6) is 5.75 Å². The second-order valence-corrected chi connectivity index (χ2v) is 13.7. The molecule has 0 unspecified atom stereocenters. The Morgan fingerprint density at radius 1 is 1.02 bits per heavy atom. The van der Waals surface area contributed by atoms with Gasteiger partial charge in [0.05, 0.1) is 17.3 Å². The summed E-state index contributed by atoms with van der Waals surface area (Å²) in [4.78, 5) is 19.5. The highest BCUT2D eigenvalue weighted by Gasteiger charge is 2.54. The van der Waals surface area contributed by atoms with Crippen molar-refractivity contribution in [3.8, 4) is 5.75 Å². The second-order valence-electron chi connectivity index (χ2n) is 10.7. The number of aliphatic hydroxyl groups is 1. The molecule has 1 fully saturated rings. The quantitative estimate of drug-likeness (QED) is 0.265. The number of piperidine rings is 1. The van der Waals surface area contributed by atoms with Gasteiger partial charge < -0.3 is 14.6 Å². The number of nitrogens with zero attached hydrogens (tertiary/aromatic N) is 2. The number of halogens is 1. The van der Waals surface area contributed by atoms with Crippen LogP contribution in [0, 0.1) is 0 Å². The number of ether oxygens (including phenoxy) is 2. The zero-order valence-corrected chi connectivity index (χ0v) is 26.2. The Morgan fingerprint density at radius 3 is 2.40 bits per heavy atom. The van der Waals surface area contributed by atoms with Crippen LogP contribution in [0.4, 0.5) is 0 Å². The molecule has 0 spiro atoms. The lowest BCUT2D eigenvalue weighted by molar-refractivity contribution is -0.134. The number of amides is 1. The Kier molecular flexibility index (Phi) is 10.2. The smallest absolute Gasteiger partial charge is 0.266 e. The summed E-state index contributed by atoms with van der Waals surface area (Å²) in [5.41, 5.74) is 2.84. The highest BCUT2D eigenvalue weighted by atomic mass is 79.9. The van der Waals surface area contributed by atoms with Gasteiger partial charge in [-0.15, -0.1) is 0 Å². The summed E-state index contributed by atoms with van der Waals surface area (Å²) in [5, 5.41) is 10.9. The van der Waals surface area contributed by atoms with Crippen molar-refractivity contribution in [2.24, 2.45) is 4.99 Å². The highest BCUT2D eigenvalue weighted by Crippen LogP contribution is 2.43. The molecule has 1 saturated heterocycles. The van der Waals surface area contributed by atoms with Crippen LogP contribution in [0.25, 0.3) is 0 Å². The van der Waals surface area contributed by atoms with E-state index in [2.05, 4.69) is 21.4 Å². The van der Waals surface area contributed by atoms with Gasteiger partial charge in [0.15, 0.2) is 21.5 Å². The van der Waals surface area contributed by atoms with E-state index < -0.39 is 27.4 Å². The predicted molar refractivity (Wildman–Crippen MR) is 168 cm³/mol. The minimum absolute atomic E-state index is 0.0434. The molecule has 2 heterocycles. The van der Waals surface area contributed by atoms with E-state index in [-0.39, 0.29) is 29.6 Å². The monoisotopic (exact) mass is 669 g/mol. The first-order valence-corrected chi connectivity index (χ1v) is 17.0. The molecule has 2 N–H and O–H groups in total. The van der Waals surface area contributed by atoms with Crippen LogP contribution >= 0.6 is 15.9 Å². The maximum atomic E-state index is 14.3. The Labute approximate surface area is 260 Å². The third-order valence-electron chi connectivity index (χ3n) is 7.67. The lowest BCUT2D eigenvalue weighted by atomic mass is 9.85. The Balaban J connectivity index is 1.54. The van der Waals surface area contributed by atoms with E-state index in [1.165, 1.54) is 0 Å². The molecule has 11 heteroatoms. The van der Waals surface area contributed by atoms with Gasteiger partial charge in [-0.25, -0.2) is 18.4 Å². The lowest BCUT2D eigenvalue weighted by Gasteiger charge is -2.34. The molecule has 0 bridgehead atoms. The molecule has 0 saturated carbocycles. The van der Waals surface area contributed by atoms with Crippen molar-refractivity contribution in [1.29, 1.82) is 0 Å². The molecule has 3 aromatic carbocycles. The summed E-state index contributed by atoms with van der Waals surface area (Å²) in [6.07, 6.45) is 2.59. The van der Waals surface area contributed by atoms with Gasteiger partial charge in [-0.1, -0.05) is 52.7 Å². The summed E-state index contributed by atoms with van der Waals surface area (Å²) < 4.78 is 39.9. The first-order valence-electron chi connectivity index (χ1n) is 14.5. The van der Waals surface area contributed by atoms with Gasteiger partial charge in [0, 0.05) is 42.6 Å². The maximum absolute atomic E-state index is 14.3. The van der Waals surface area contributed by atoms with Gasteiger partial charge in [0.1, 0.15) is 5.75 Å². The molecule has 2 atom stereocenters. The van der Waals surface area contributed by atoms with E-state index in [9.17, 15) is 13.2 Å². The highest BCUT2D eigenvalue weighted by molar-refractivity contribution is 9.10. The Hall–Kier alpha value is -3.25. The fourth-order valence-corrected chi connectivity index (χ4v) is 6.94. The number of benzene rings is 3. The number of sulfone groups is 1. The van der Waals surface area contributed by atoms with E-state index in [1.807, 2.05) is 29.3 Å². The normalized spacial score (nSPS) is 20.7. The predicted octanol–water partition coefficient (Wildman–Crippen LogP) is 4.85. The van der Waals surface area contributed by atoms with Crippen LogP contribution in [0.15, 0.2) is 93.2 Å². The van der Waals surface area contributed by atoms with Crippen LogP contribution in [-0.2, 0) is 19.4 Å². The zero-order chi connectivity index (χ0) is 30.3. The topological polar surface area (TPSA) is 118 Å². The molecule has 0 aliphatic carbocycles. The lowest BCUT2D eigenvalue weighted by Crippen LogP contribution is -2.55. The van der Waals surface area contributed by atoms with E-state index in [4.69, 9.17) is 19.6 Å². The van der Waals surface area contributed by atoms with Gasteiger partial charge in [0.2, 0.25) is 5.90 Å². The molecule has 1 amide bonds. The van der Waals surface area contributed by atoms with E-state index >= 15 is 0 Å². The van der Waals surface area contributed by atoms with Crippen LogP contribution in [-0.4, -0.2) is 67.9 Å². The average molecular weight is 671 g/mol. The van der Waals surface area contributed by atoms with Crippen molar-refractivity contribution >= 4 is 37.6 Å². The number of carbonyl (C=O) groups excluding carboxylic acids is 1. The molecule has 9 nitrogen and oxygen atoms in total. The Bertz CT molecular complexity index is 1510. The van der Waals surface area contributed by atoms with Crippen molar-refractivity contribution in [1.82, 2.24) is 10.4 Å². The minimum atomic E-state index is -3.72. The molecular formula is C32H36BrN3O6S. The number of carbonyl (C=O) groups is 1. The van der Waals surface area contributed by atoms with Gasteiger partial charge in [-0.3, -0.25) is 10.2 Å². The van der Waals surface area contributed by atoms with Crippen LogP contribution in [0.3, 0.4) is 0 Å². The van der Waals surface area contributed by atoms with Crippen LogP contribution in [0.2, 0.25) is 0 Å². The minimum Gasteiger partial charge on any atom is -0.494 e. The molecular weight excluding hydrogens is 634 g/mol. The third kappa shape index (κ3) is 7.46. The number of nitrogens with one attached hydrogen (secondary N) is 1. The fraction of sp³-hybridized carbons (Fsp3) is 0.375. The van der Waals surface area contributed by atoms with Crippen LogP contribution in [0.1, 0.15) is 49.3 Å². The molecule has 228 valence electrons. The largest absolute Gasteiger partial charge is 0.494 e. The summed E-state index contributed by atoms with van der Waals surface area (Å²) in [6.45, 7) is 1.85. The number of hydrogen-bond acceptors (Lipinski definition) is 8. The van der Waals surface area contributed by atoms with Crippen molar-refractivity contribution in [2.75, 3.05) is 32.1 Å². The first kappa shape index (κ1) is 31.2. The third-order valence-corrected chi connectivity index (χ3v) is 9.93. The number of hydrogen-bond donors (Lipinski definition) is 2. The fourth-order valence-electron chi connectivity index (χ4n) is 5.29. The number of aliphatic hydroxyl groups excluding tert-OH is 1. The Morgan fingerprint density at radius 2 is 1.72 bits per heavy atom. The molecule has 3 aromatic rings. The maximum Gasteiger partial charge on any atom is 0.266 e. The molecule has 2 aliphatic rings. The zero-order valence-electron chi connectivity index (χ0n) is 23.8. The van der Waals surface area contributed by atoms with Crippen molar-refractivity contribution in [2.45, 2.75) is 48.6 Å². The first-order chi connectivity index (χ1) is 20.8. The average Bonchev–Trinajstić information content (AvgIpc) is 3.43. The second kappa shape index (κ2) is 14.0. The summed E-state index contributed by atoms with van der Waals surface area (Å²) >= 11 is 3.48. The van der Waals surface area contributed by atoms with Gasteiger partial charge in [-0.05, 0) is 66.9 Å². The number of aliphatic imine (C=N–C) groups is 1. The molecule has 43 heavy (non-hydrogen) atoms. The van der Waals surface area contributed by atoms with Gasteiger partial charge in [0.25, 0.3) is 5.91 Å². The molecule has 5 rings (SSSR count). The van der Waals surface area contributed by atoms with Crippen molar-refractivity contribution in [3.05, 3.63) is 94.5 Å². The van der Waals surface area contributed by atoms with E-state index in [1.54, 1.807) is 54.6 Å². The molecule has 0 radical (unpaired) electrons. The van der Waals surface area contributed by atoms with Crippen molar-refractivity contribution < 1.29 is 27.8 Å². The number of rotatable bonds is 12. The van der Waals surface area contributed by atoms with Crippen LogP contribution < -0.4 is 10.2 Å². The summed E-state index contributed by atoms with van der Waals surface area (Å²) in [7, 11) is -3.72. The van der Waals surface area contributed by atoms with Gasteiger partial charge >= 0.3 is 0 Å². The van der Waals surface area contributed by atoms with E-state index in [0.717, 1.165) is 23.7 Å². The molecule has 0 aromatic heterocycles. The summed E-state index contributed by atoms with van der Waals surface area (Å²) in [5.74, 6) is 0.184. The SMILES string of the molecule is O=C(NN1CCCCC1)[C@@]1(CCS(=O)(=O)c2ccccc2)N=C(c2ccc(OCCCO)cc2)O[C@H]1c1ccc(Br)cc1.